The smallest absolute Gasteiger partial charge is 0.422 e. The molecule has 0 saturated carbocycles. The minimum Gasteiger partial charge on any atom is -0.491 e. The van der Waals surface area contributed by atoms with Crippen molar-refractivity contribution in [3.05, 3.63) is 47.8 Å². The summed E-state index contributed by atoms with van der Waals surface area (Å²) in [4.78, 5) is 16.7. The SMILES string of the molecule is COc1c(OCC(F)(F)F)ccnc1CN(C(=O)O)c1cccc(C)c1. The maximum Gasteiger partial charge on any atom is 0.422 e. The Morgan fingerprint density at radius 1 is 1.31 bits per heavy atom. The number of carboxylic acid groups (broad SMARTS) is 1. The van der Waals surface area contributed by atoms with Crippen LogP contribution < -0.4 is 14.4 Å². The fourth-order valence-corrected chi connectivity index (χ4v) is 2.29. The van der Waals surface area contributed by atoms with Gasteiger partial charge in [0.15, 0.2) is 18.1 Å². The van der Waals surface area contributed by atoms with Gasteiger partial charge >= 0.3 is 12.3 Å². The molecule has 9 heteroatoms. The number of methoxy groups -OCH3 is 1. The second-order valence-electron chi connectivity index (χ2n) is 5.40. The van der Waals surface area contributed by atoms with Crippen LogP contribution in [0.2, 0.25) is 0 Å². The Labute approximate surface area is 147 Å². The van der Waals surface area contributed by atoms with Crippen molar-refractivity contribution in [2.24, 2.45) is 0 Å². The lowest BCUT2D eigenvalue weighted by Gasteiger charge is -2.21. The number of alkyl halides is 3. The minimum atomic E-state index is -4.51. The molecule has 0 atom stereocenters. The van der Waals surface area contributed by atoms with Crippen molar-refractivity contribution in [1.82, 2.24) is 4.98 Å². The van der Waals surface area contributed by atoms with Gasteiger partial charge in [0.1, 0.15) is 5.69 Å². The Morgan fingerprint density at radius 3 is 2.62 bits per heavy atom. The Hall–Kier alpha value is -2.97. The van der Waals surface area contributed by atoms with Crippen LogP contribution in [0.3, 0.4) is 0 Å². The zero-order valence-electron chi connectivity index (χ0n) is 14.1. The molecule has 0 radical (unpaired) electrons. The van der Waals surface area contributed by atoms with E-state index in [-0.39, 0.29) is 23.7 Å². The predicted molar refractivity (Wildman–Crippen MR) is 87.7 cm³/mol. The van der Waals surface area contributed by atoms with Crippen LogP contribution in [0.1, 0.15) is 11.3 Å². The lowest BCUT2D eigenvalue weighted by atomic mass is 10.2. The first kappa shape index (κ1) is 19.4. The number of anilines is 1. The predicted octanol–water partition coefficient (Wildman–Crippen LogP) is 4.02. The number of halogens is 3. The number of aryl methyl sites for hydroxylation is 1. The zero-order valence-corrected chi connectivity index (χ0v) is 14.1. The van der Waals surface area contributed by atoms with Crippen LogP contribution in [0, 0.1) is 6.92 Å². The van der Waals surface area contributed by atoms with Gasteiger partial charge in [-0.25, -0.2) is 4.79 Å². The van der Waals surface area contributed by atoms with Crippen molar-refractivity contribution < 1.29 is 32.5 Å². The molecular formula is C17H17F3N2O4. The number of amides is 1. The van der Waals surface area contributed by atoms with Crippen molar-refractivity contribution >= 4 is 11.8 Å². The molecule has 0 spiro atoms. The van der Waals surface area contributed by atoms with Crippen molar-refractivity contribution in [2.75, 3.05) is 18.6 Å². The van der Waals surface area contributed by atoms with Gasteiger partial charge in [0.2, 0.25) is 0 Å². The first-order valence-electron chi connectivity index (χ1n) is 7.50. The van der Waals surface area contributed by atoms with Crippen molar-refractivity contribution in [2.45, 2.75) is 19.6 Å². The summed E-state index contributed by atoms with van der Waals surface area (Å²) in [5, 5.41) is 9.50. The van der Waals surface area contributed by atoms with E-state index in [4.69, 9.17) is 9.47 Å². The average Bonchev–Trinajstić information content (AvgIpc) is 2.56. The van der Waals surface area contributed by atoms with E-state index in [0.717, 1.165) is 10.5 Å². The van der Waals surface area contributed by atoms with E-state index >= 15 is 0 Å². The normalized spacial score (nSPS) is 11.1. The van der Waals surface area contributed by atoms with Gasteiger partial charge in [0.25, 0.3) is 0 Å². The third-order valence-corrected chi connectivity index (χ3v) is 3.39. The van der Waals surface area contributed by atoms with Crippen LogP contribution in [0.25, 0.3) is 0 Å². The summed E-state index contributed by atoms with van der Waals surface area (Å²) in [5.41, 5.74) is 1.40. The van der Waals surface area contributed by atoms with Crippen molar-refractivity contribution in [3.63, 3.8) is 0 Å². The van der Waals surface area contributed by atoms with Crippen LogP contribution in [-0.4, -0.2) is 36.1 Å². The van der Waals surface area contributed by atoms with Crippen molar-refractivity contribution in [1.29, 1.82) is 0 Å². The van der Waals surface area contributed by atoms with Crippen LogP contribution in [-0.2, 0) is 6.54 Å². The highest BCUT2D eigenvalue weighted by Gasteiger charge is 2.29. The molecule has 1 aromatic carbocycles. The van der Waals surface area contributed by atoms with E-state index in [1.54, 1.807) is 18.2 Å². The first-order chi connectivity index (χ1) is 12.2. The summed E-state index contributed by atoms with van der Waals surface area (Å²) in [5.74, 6) is -0.208. The van der Waals surface area contributed by atoms with E-state index in [1.807, 2.05) is 13.0 Å². The van der Waals surface area contributed by atoms with Crippen LogP contribution in [0.15, 0.2) is 36.5 Å². The molecule has 2 aromatic rings. The molecule has 6 nitrogen and oxygen atoms in total. The number of hydrogen-bond donors (Lipinski definition) is 1. The molecular weight excluding hydrogens is 353 g/mol. The summed E-state index contributed by atoms with van der Waals surface area (Å²) in [6.07, 6.45) is -4.51. The van der Waals surface area contributed by atoms with Crippen LogP contribution in [0.4, 0.5) is 23.7 Å². The lowest BCUT2D eigenvalue weighted by Crippen LogP contribution is -2.29. The molecule has 140 valence electrons. The molecule has 26 heavy (non-hydrogen) atoms. The summed E-state index contributed by atoms with van der Waals surface area (Å²) >= 11 is 0. The molecule has 2 rings (SSSR count). The summed E-state index contributed by atoms with van der Waals surface area (Å²) in [6, 6.07) is 8.02. The van der Waals surface area contributed by atoms with E-state index in [1.165, 1.54) is 19.4 Å². The monoisotopic (exact) mass is 370 g/mol. The Morgan fingerprint density at radius 2 is 2.04 bits per heavy atom. The number of hydrogen-bond acceptors (Lipinski definition) is 4. The summed E-state index contributed by atoms with van der Waals surface area (Å²) in [7, 11) is 1.25. The molecule has 1 aromatic heterocycles. The molecule has 0 bridgehead atoms. The average molecular weight is 370 g/mol. The molecule has 0 aliphatic carbocycles. The number of rotatable bonds is 6. The van der Waals surface area contributed by atoms with Crippen molar-refractivity contribution in [3.8, 4) is 11.5 Å². The third kappa shape index (κ3) is 5.01. The minimum absolute atomic E-state index is 0.0457. The Balaban J connectivity index is 2.33. The molecule has 0 saturated heterocycles. The second-order valence-corrected chi connectivity index (χ2v) is 5.40. The summed E-state index contributed by atoms with van der Waals surface area (Å²) < 4.78 is 47.0. The van der Waals surface area contributed by atoms with Gasteiger partial charge in [-0.05, 0) is 24.6 Å². The highest BCUT2D eigenvalue weighted by Crippen LogP contribution is 2.32. The molecule has 0 unspecified atom stereocenters. The largest absolute Gasteiger partial charge is 0.491 e. The maximum absolute atomic E-state index is 12.4. The molecule has 1 N–H and O–H groups in total. The topological polar surface area (TPSA) is 71.9 Å². The van der Waals surface area contributed by atoms with E-state index < -0.39 is 18.9 Å². The molecule has 0 aliphatic rings. The van der Waals surface area contributed by atoms with Gasteiger partial charge in [-0.1, -0.05) is 12.1 Å². The van der Waals surface area contributed by atoms with Gasteiger partial charge < -0.3 is 14.6 Å². The van der Waals surface area contributed by atoms with Gasteiger partial charge in [0.05, 0.1) is 13.7 Å². The highest BCUT2D eigenvalue weighted by molar-refractivity contribution is 5.86. The van der Waals surface area contributed by atoms with Gasteiger partial charge in [0, 0.05) is 18.0 Å². The van der Waals surface area contributed by atoms with Gasteiger partial charge in [-0.3, -0.25) is 9.88 Å². The van der Waals surface area contributed by atoms with Gasteiger partial charge in [-0.2, -0.15) is 13.2 Å². The number of benzene rings is 1. The van der Waals surface area contributed by atoms with E-state index in [9.17, 15) is 23.1 Å². The number of carbonyl (C=O) groups is 1. The van der Waals surface area contributed by atoms with E-state index in [2.05, 4.69) is 4.98 Å². The highest BCUT2D eigenvalue weighted by atomic mass is 19.4. The molecule has 1 amide bonds. The molecule has 0 fully saturated rings. The Kier molecular flexibility index (Phi) is 5.91. The number of aromatic nitrogens is 1. The maximum atomic E-state index is 12.4. The number of ether oxygens (including phenoxy) is 2. The van der Waals surface area contributed by atoms with Gasteiger partial charge in [-0.15, -0.1) is 0 Å². The van der Waals surface area contributed by atoms with Crippen LogP contribution in [0.5, 0.6) is 11.5 Å². The fourth-order valence-electron chi connectivity index (χ4n) is 2.29. The molecule has 1 heterocycles. The number of pyridine rings is 1. The lowest BCUT2D eigenvalue weighted by molar-refractivity contribution is -0.153. The molecule has 0 aliphatic heterocycles. The number of nitrogens with zero attached hydrogens (tertiary/aromatic N) is 2. The Bertz CT molecular complexity index is 781. The van der Waals surface area contributed by atoms with Crippen LogP contribution >= 0.6 is 0 Å². The quantitative estimate of drug-likeness (QED) is 0.831. The fraction of sp³-hybridized carbons (Fsp3) is 0.294. The summed E-state index contributed by atoms with van der Waals surface area (Å²) in [6.45, 7) is 0.104. The third-order valence-electron chi connectivity index (χ3n) is 3.39. The first-order valence-corrected chi connectivity index (χ1v) is 7.50. The van der Waals surface area contributed by atoms with E-state index in [0.29, 0.717) is 5.69 Å². The second kappa shape index (κ2) is 7.94. The standard InChI is InChI=1S/C17H17F3N2O4/c1-11-4-3-5-12(8-11)22(16(23)24)9-13-15(25-2)14(6-7-21-13)26-10-17(18,19)20/h3-8H,9-10H2,1-2H3,(H,23,24). The zero-order chi connectivity index (χ0) is 19.3.